The van der Waals surface area contributed by atoms with Crippen LogP contribution in [0, 0.1) is 0 Å². The third kappa shape index (κ3) is 1.30. The van der Waals surface area contributed by atoms with Crippen LogP contribution in [0.2, 0.25) is 0 Å². The summed E-state index contributed by atoms with van der Waals surface area (Å²) in [5.74, 6) is 0. The van der Waals surface area contributed by atoms with Crippen LogP contribution in [-0.2, 0) is 12.8 Å². The first-order chi connectivity index (χ1) is 4.38. The summed E-state index contributed by atoms with van der Waals surface area (Å²) >= 11 is 1.57. The van der Waals surface area contributed by atoms with Gasteiger partial charge in [-0.05, 0) is 29.9 Å². The van der Waals surface area contributed by atoms with Gasteiger partial charge >= 0.3 is 0 Å². The van der Waals surface area contributed by atoms with Gasteiger partial charge in [0.15, 0.2) is 0 Å². The molecule has 0 amide bonds. The summed E-state index contributed by atoms with van der Waals surface area (Å²) in [6.07, 6.45) is 2.20. The fourth-order valence-corrected chi connectivity index (χ4v) is 1.72. The van der Waals surface area contributed by atoms with Gasteiger partial charge < -0.3 is 0 Å². The molecule has 1 heterocycles. The molecule has 2 heteroatoms. The smallest absolute Gasteiger partial charge is 0.0571 e. The zero-order valence-electron chi connectivity index (χ0n) is 5.85. The molecule has 0 bridgehead atoms. The standard InChI is InChI=1S/C7H11NS/c1-3-6-5-9-8-7(6)4-2/h5H,3-4H2,1-2H3. The predicted molar refractivity (Wildman–Crippen MR) is 40.9 cm³/mol. The highest BCUT2D eigenvalue weighted by Gasteiger charge is 1.98. The quantitative estimate of drug-likeness (QED) is 0.615. The van der Waals surface area contributed by atoms with Gasteiger partial charge in [-0.2, -0.15) is 4.37 Å². The lowest BCUT2D eigenvalue weighted by molar-refractivity contribution is 1.01. The molecule has 0 aliphatic carbocycles. The summed E-state index contributed by atoms with van der Waals surface area (Å²) in [6, 6.07) is 0. The molecular formula is C7H11NS. The van der Waals surface area contributed by atoms with Crippen LogP contribution >= 0.6 is 11.5 Å². The number of aromatic nitrogens is 1. The van der Waals surface area contributed by atoms with Crippen molar-refractivity contribution in [2.24, 2.45) is 0 Å². The Labute approximate surface area is 59.9 Å². The van der Waals surface area contributed by atoms with Gasteiger partial charge in [0.25, 0.3) is 0 Å². The van der Waals surface area contributed by atoms with E-state index in [9.17, 15) is 0 Å². The van der Waals surface area contributed by atoms with E-state index in [0.717, 1.165) is 12.8 Å². The normalized spacial score (nSPS) is 10.0. The second-order valence-corrected chi connectivity index (χ2v) is 2.62. The van der Waals surface area contributed by atoms with Crippen molar-refractivity contribution >= 4 is 11.5 Å². The molecule has 0 unspecified atom stereocenters. The maximum absolute atomic E-state index is 4.25. The molecule has 0 radical (unpaired) electrons. The monoisotopic (exact) mass is 141 g/mol. The Bertz CT molecular complexity index is 162. The first-order valence-corrected chi connectivity index (χ1v) is 4.14. The highest BCUT2D eigenvalue weighted by Crippen LogP contribution is 2.10. The maximum atomic E-state index is 4.25. The van der Waals surface area contributed by atoms with Crippen LogP contribution in [0.3, 0.4) is 0 Å². The van der Waals surface area contributed by atoms with Crippen LogP contribution in [-0.4, -0.2) is 4.37 Å². The van der Waals surface area contributed by atoms with Gasteiger partial charge in [-0.15, -0.1) is 0 Å². The number of nitrogens with zero attached hydrogens (tertiary/aromatic N) is 1. The number of aryl methyl sites for hydroxylation is 2. The van der Waals surface area contributed by atoms with Crippen LogP contribution in [0.1, 0.15) is 25.1 Å². The van der Waals surface area contributed by atoms with Crippen molar-refractivity contribution in [3.05, 3.63) is 16.6 Å². The minimum atomic E-state index is 1.08. The lowest BCUT2D eigenvalue weighted by Crippen LogP contribution is -1.85. The molecule has 9 heavy (non-hydrogen) atoms. The molecule has 1 aromatic heterocycles. The molecule has 1 nitrogen and oxygen atoms in total. The van der Waals surface area contributed by atoms with Gasteiger partial charge in [0.1, 0.15) is 0 Å². The summed E-state index contributed by atoms with van der Waals surface area (Å²) in [7, 11) is 0. The third-order valence-corrected chi connectivity index (χ3v) is 2.16. The van der Waals surface area contributed by atoms with E-state index in [4.69, 9.17) is 0 Å². The second-order valence-electron chi connectivity index (χ2n) is 1.99. The summed E-state index contributed by atoms with van der Waals surface area (Å²) < 4.78 is 4.25. The Morgan fingerprint density at radius 3 is 2.67 bits per heavy atom. The minimum absolute atomic E-state index is 1.08. The van der Waals surface area contributed by atoms with Crippen molar-refractivity contribution in [2.45, 2.75) is 26.7 Å². The van der Waals surface area contributed by atoms with Crippen molar-refractivity contribution in [1.29, 1.82) is 0 Å². The minimum Gasteiger partial charge on any atom is -0.197 e. The third-order valence-electron chi connectivity index (χ3n) is 1.44. The Morgan fingerprint density at radius 1 is 1.44 bits per heavy atom. The molecule has 50 valence electrons. The van der Waals surface area contributed by atoms with Crippen LogP contribution in [0.4, 0.5) is 0 Å². The summed E-state index contributed by atoms with van der Waals surface area (Å²) in [6.45, 7) is 4.32. The maximum Gasteiger partial charge on any atom is 0.0571 e. The lowest BCUT2D eigenvalue weighted by atomic mass is 10.2. The second kappa shape index (κ2) is 2.97. The van der Waals surface area contributed by atoms with E-state index in [1.807, 2.05) is 0 Å². The Kier molecular flexibility index (Phi) is 2.22. The van der Waals surface area contributed by atoms with Crippen molar-refractivity contribution in [2.75, 3.05) is 0 Å². The highest BCUT2D eigenvalue weighted by atomic mass is 32.1. The highest BCUT2D eigenvalue weighted by molar-refractivity contribution is 7.03. The van der Waals surface area contributed by atoms with Gasteiger partial charge in [-0.25, -0.2) is 0 Å². The molecule has 0 atom stereocenters. The van der Waals surface area contributed by atoms with Gasteiger partial charge in [0.05, 0.1) is 5.69 Å². The average molecular weight is 141 g/mol. The number of hydrogen-bond acceptors (Lipinski definition) is 2. The van der Waals surface area contributed by atoms with Crippen LogP contribution in [0.15, 0.2) is 5.38 Å². The molecule has 0 N–H and O–H groups in total. The Balaban J connectivity index is 2.85. The Hall–Kier alpha value is -0.370. The SMILES string of the molecule is CCc1csnc1CC. The van der Waals surface area contributed by atoms with Crippen molar-refractivity contribution in [3.63, 3.8) is 0 Å². The van der Waals surface area contributed by atoms with E-state index in [1.165, 1.54) is 11.3 Å². The largest absolute Gasteiger partial charge is 0.197 e. The van der Waals surface area contributed by atoms with Gasteiger partial charge in [-0.3, -0.25) is 0 Å². The molecule has 0 fully saturated rings. The van der Waals surface area contributed by atoms with Crippen molar-refractivity contribution in [3.8, 4) is 0 Å². The summed E-state index contributed by atoms with van der Waals surface area (Å²) in [4.78, 5) is 0. The molecule has 1 aromatic rings. The van der Waals surface area contributed by atoms with E-state index in [-0.39, 0.29) is 0 Å². The predicted octanol–water partition coefficient (Wildman–Crippen LogP) is 2.27. The molecule has 1 rings (SSSR count). The van der Waals surface area contributed by atoms with Gasteiger partial charge in [-0.1, -0.05) is 13.8 Å². The summed E-state index contributed by atoms with van der Waals surface area (Å²) in [5, 5.41) is 2.14. The number of rotatable bonds is 2. The fourth-order valence-electron chi connectivity index (χ4n) is 0.859. The van der Waals surface area contributed by atoms with Crippen LogP contribution in [0.5, 0.6) is 0 Å². The van der Waals surface area contributed by atoms with E-state index >= 15 is 0 Å². The summed E-state index contributed by atoms with van der Waals surface area (Å²) in [5.41, 5.74) is 2.70. The van der Waals surface area contributed by atoms with Crippen LogP contribution < -0.4 is 0 Å². The zero-order valence-corrected chi connectivity index (χ0v) is 6.66. The van der Waals surface area contributed by atoms with E-state index < -0.39 is 0 Å². The fraction of sp³-hybridized carbons (Fsp3) is 0.571. The molecule has 0 aliphatic heterocycles. The van der Waals surface area contributed by atoms with E-state index in [2.05, 4.69) is 23.6 Å². The van der Waals surface area contributed by atoms with Gasteiger partial charge in [0, 0.05) is 5.38 Å². The molecular weight excluding hydrogens is 130 g/mol. The lowest BCUT2D eigenvalue weighted by Gasteiger charge is -1.91. The van der Waals surface area contributed by atoms with Gasteiger partial charge in [0.2, 0.25) is 0 Å². The van der Waals surface area contributed by atoms with Crippen LogP contribution in [0.25, 0.3) is 0 Å². The first-order valence-electron chi connectivity index (χ1n) is 3.30. The van der Waals surface area contributed by atoms with E-state index in [1.54, 1.807) is 11.5 Å². The molecule has 0 spiro atoms. The molecule has 0 saturated carbocycles. The molecule has 0 saturated heterocycles. The molecule has 0 aliphatic rings. The Morgan fingerprint density at radius 2 is 2.22 bits per heavy atom. The molecule has 0 aromatic carbocycles. The zero-order chi connectivity index (χ0) is 6.69. The number of hydrogen-bond donors (Lipinski definition) is 0. The van der Waals surface area contributed by atoms with Crippen molar-refractivity contribution in [1.82, 2.24) is 4.37 Å². The average Bonchev–Trinajstić information content (AvgIpc) is 2.33. The topological polar surface area (TPSA) is 12.9 Å². The first kappa shape index (κ1) is 6.75. The van der Waals surface area contributed by atoms with Crippen molar-refractivity contribution < 1.29 is 0 Å². The van der Waals surface area contributed by atoms with E-state index in [0.29, 0.717) is 0 Å².